The van der Waals surface area contributed by atoms with E-state index >= 15 is 0 Å². The molecule has 0 saturated carbocycles. The average Bonchev–Trinajstić information content (AvgIpc) is 3.12. The van der Waals surface area contributed by atoms with E-state index in [9.17, 15) is 4.79 Å². The summed E-state index contributed by atoms with van der Waals surface area (Å²) in [6, 6.07) is 20.5. The molecule has 4 rings (SSSR count). The molecule has 0 aliphatic carbocycles. The predicted octanol–water partition coefficient (Wildman–Crippen LogP) is 5.75. The van der Waals surface area contributed by atoms with Crippen LogP contribution < -0.4 is 10.1 Å². The molecule has 0 aliphatic rings. The second-order valence-electron chi connectivity index (χ2n) is 6.12. The molecule has 0 spiro atoms. The molecular weight excluding hydrogens is 467 g/mol. The number of benzene rings is 3. The number of hydrogen-bond acceptors (Lipinski definition) is 4. The van der Waals surface area contributed by atoms with Crippen molar-refractivity contribution in [2.45, 2.75) is 6.92 Å². The zero-order valence-corrected chi connectivity index (χ0v) is 17.3. The number of amides is 1. The highest BCUT2D eigenvalue weighted by Gasteiger charge is 2.11. The molecule has 4 aromatic rings. The first-order valence-corrected chi connectivity index (χ1v) is 9.91. The van der Waals surface area contributed by atoms with E-state index < -0.39 is 0 Å². The van der Waals surface area contributed by atoms with Crippen molar-refractivity contribution in [1.82, 2.24) is 4.98 Å². The normalized spacial score (nSPS) is 10.8. The molecule has 3 aromatic carbocycles. The SMILES string of the molecule is CCOc1ccc(-c2nc3cc(NC(=O)c4cccc(I)c4)ccc3o2)cc1. The Balaban J connectivity index is 1.57. The minimum absolute atomic E-state index is 0.159. The smallest absolute Gasteiger partial charge is 0.255 e. The van der Waals surface area contributed by atoms with Crippen molar-refractivity contribution in [2.75, 3.05) is 11.9 Å². The lowest BCUT2D eigenvalue weighted by molar-refractivity contribution is 0.102. The number of hydrogen-bond donors (Lipinski definition) is 1. The fourth-order valence-electron chi connectivity index (χ4n) is 2.82. The summed E-state index contributed by atoms with van der Waals surface area (Å²) < 4.78 is 12.3. The van der Waals surface area contributed by atoms with Crippen molar-refractivity contribution in [1.29, 1.82) is 0 Å². The number of carbonyl (C=O) groups excluding carboxylic acids is 1. The van der Waals surface area contributed by atoms with Gasteiger partial charge in [0.15, 0.2) is 5.58 Å². The van der Waals surface area contributed by atoms with Crippen LogP contribution in [0.3, 0.4) is 0 Å². The molecule has 1 N–H and O–H groups in total. The van der Waals surface area contributed by atoms with Crippen LogP contribution in [0.5, 0.6) is 5.75 Å². The molecule has 0 fully saturated rings. The number of nitrogens with zero attached hydrogens (tertiary/aromatic N) is 1. The summed E-state index contributed by atoms with van der Waals surface area (Å²) in [5, 5.41) is 2.91. The van der Waals surface area contributed by atoms with Crippen LogP contribution >= 0.6 is 22.6 Å². The largest absolute Gasteiger partial charge is 0.494 e. The molecule has 1 heterocycles. The van der Waals surface area contributed by atoms with E-state index in [0.29, 0.717) is 34.8 Å². The third-order valence-electron chi connectivity index (χ3n) is 4.14. The summed E-state index contributed by atoms with van der Waals surface area (Å²) in [6.07, 6.45) is 0. The number of ether oxygens (including phenoxy) is 1. The van der Waals surface area contributed by atoms with E-state index in [1.807, 2.05) is 61.5 Å². The molecule has 28 heavy (non-hydrogen) atoms. The lowest BCUT2D eigenvalue weighted by Crippen LogP contribution is -2.11. The number of rotatable bonds is 5. The second kappa shape index (κ2) is 8.02. The number of halogens is 1. The van der Waals surface area contributed by atoms with Crippen molar-refractivity contribution < 1.29 is 13.9 Å². The zero-order chi connectivity index (χ0) is 19.5. The standard InChI is InChI=1S/C22H17IN2O3/c1-2-27-18-9-6-14(7-10-18)22-25-19-13-17(8-11-20(19)28-22)24-21(26)15-4-3-5-16(23)12-15/h3-13H,2H2,1H3,(H,24,26). The van der Waals surface area contributed by atoms with Crippen molar-refractivity contribution in [2.24, 2.45) is 0 Å². The maximum Gasteiger partial charge on any atom is 0.255 e. The monoisotopic (exact) mass is 484 g/mol. The molecule has 0 radical (unpaired) electrons. The van der Waals surface area contributed by atoms with Crippen LogP contribution in [0.2, 0.25) is 0 Å². The van der Waals surface area contributed by atoms with Gasteiger partial charge in [-0.15, -0.1) is 0 Å². The van der Waals surface area contributed by atoms with E-state index in [0.717, 1.165) is 14.9 Å². The van der Waals surface area contributed by atoms with Gasteiger partial charge in [-0.1, -0.05) is 6.07 Å². The Kier molecular flexibility index (Phi) is 5.29. The summed E-state index contributed by atoms with van der Waals surface area (Å²) in [5.41, 5.74) is 3.50. The Morgan fingerprint density at radius 1 is 1.11 bits per heavy atom. The van der Waals surface area contributed by atoms with Crippen molar-refractivity contribution in [3.63, 3.8) is 0 Å². The third-order valence-corrected chi connectivity index (χ3v) is 4.82. The third kappa shape index (κ3) is 4.01. The van der Waals surface area contributed by atoms with Crippen LogP contribution in [0, 0.1) is 3.57 Å². The quantitative estimate of drug-likeness (QED) is 0.367. The molecule has 140 valence electrons. The predicted molar refractivity (Wildman–Crippen MR) is 118 cm³/mol. The van der Waals surface area contributed by atoms with Gasteiger partial charge in [0.25, 0.3) is 5.91 Å². The Labute approximate surface area is 175 Å². The summed E-state index contributed by atoms with van der Waals surface area (Å²) in [7, 11) is 0. The van der Waals surface area contributed by atoms with Crippen LogP contribution in [-0.2, 0) is 0 Å². The van der Waals surface area contributed by atoms with Crippen LogP contribution in [0.4, 0.5) is 5.69 Å². The van der Waals surface area contributed by atoms with Crippen LogP contribution in [0.25, 0.3) is 22.6 Å². The van der Waals surface area contributed by atoms with Crippen molar-refractivity contribution in [3.05, 3.63) is 75.9 Å². The first-order chi connectivity index (χ1) is 13.6. The van der Waals surface area contributed by atoms with Gasteiger partial charge < -0.3 is 14.5 Å². The molecule has 0 atom stereocenters. The van der Waals surface area contributed by atoms with Crippen LogP contribution in [0.1, 0.15) is 17.3 Å². The van der Waals surface area contributed by atoms with Gasteiger partial charge in [0.2, 0.25) is 5.89 Å². The number of fused-ring (bicyclic) bond motifs is 1. The summed E-state index contributed by atoms with van der Waals surface area (Å²) >= 11 is 2.19. The molecule has 0 unspecified atom stereocenters. The van der Waals surface area contributed by atoms with E-state index in [1.165, 1.54) is 0 Å². The van der Waals surface area contributed by atoms with Gasteiger partial charge >= 0.3 is 0 Å². The molecule has 0 saturated heterocycles. The summed E-state index contributed by atoms with van der Waals surface area (Å²) in [5.74, 6) is 1.18. The van der Waals surface area contributed by atoms with E-state index in [4.69, 9.17) is 9.15 Å². The number of carbonyl (C=O) groups is 1. The molecular formula is C22H17IN2O3. The van der Waals surface area contributed by atoms with Gasteiger partial charge in [-0.2, -0.15) is 0 Å². The Bertz CT molecular complexity index is 1140. The Hall–Kier alpha value is -2.87. The first kappa shape index (κ1) is 18.5. The maximum absolute atomic E-state index is 12.4. The highest BCUT2D eigenvalue weighted by Crippen LogP contribution is 2.27. The molecule has 5 nitrogen and oxygen atoms in total. The summed E-state index contributed by atoms with van der Waals surface area (Å²) in [4.78, 5) is 17.0. The van der Waals surface area contributed by atoms with Gasteiger partial charge in [0, 0.05) is 20.4 Å². The van der Waals surface area contributed by atoms with E-state index in [2.05, 4.69) is 32.9 Å². The van der Waals surface area contributed by atoms with Gasteiger partial charge in [0.05, 0.1) is 6.61 Å². The molecule has 6 heteroatoms. The number of anilines is 1. The topological polar surface area (TPSA) is 64.4 Å². The van der Waals surface area contributed by atoms with Crippen molar-refractivity contribution in [3.8, 4) is 17.2 Å². The van der Waals surface area contributed by atoms with Gasteiger partial charge in [-0.05, 0) is 90.2 Å². The number of nitrogens with one attached hydrogen (secondary N) is 1. The van der Waals surface area contributed by atoms with E-state index in [1.54, 1.807) is 12.1 Å². The number of oxazole rings is 1. The van der Waals surface area contributed by atoms with Gasteiger partial charge in [-0.25, -0.2) is 4.98 Å². The minimum atomic E-state index is -0.159. The fourth-order valence-corrected chi connectivity index (χ4v) is 3.37. The molecule has 0 bridgehead atoms. The van der Waals surface area contributed by atoms with Gasteiger partial charge in [-0.3, -0.25) is 4.79 Å². The first-order valence-electron chi connectivity index (χ1n) is 8.83. The summed E-state index contributed by atoms with van der Waals surface area (Å²) in [6.45, 7) is 2.57. The van der Waals surface area contributed by atoms with Crippen LogP contribution in [0.15, 0.2) is 71.1 Å². The Morgan fingerprint density at radius 2 is 1.93 bits per heavy atom. The fraction of sp³-hybridized carbons (Fsp3) is 0.0909. The van der Waals surface area contributed by atoms with Crippen molar-refractivity contribution >= 4 is 45.3 Å². The molecule has 1 amide bonds. The molecule has 1 aromatic heterocycles. The Morgan fingerprint density at radius 3 is 2.68 bits per heavy atom. The van der Waals surface area contributed by atoms with Crippen LogP contribution in [-0.4, -0.2) is 17.5 Å². The van der Waals surface area contributed by atoms with Gasteiger partial charge in [0.1, 0.15) is 11.3 Å². The lowest BCUT2D eigenvalue weighted by Gasteiger charge is -2.05. The number of aromatic nitrogens is 1. The average molecular weight is 484 g/mol. The maximum atomic E-state index is 12.4. The highest BCUT2D eigenvalue weighted by atomic mass is 127. The molecule has 0 aliphatic heterocycles. The highest BCUT2D eigenvalue weighted by molar-refractivity contribution is 14.1. The second-order valence-corrected chi connectivity index (χ2v) is 7.37. The minimum Gasteiger partial charge on any atom is -0.494 e. The zero-order valence-electron chi connectivity index (χ0n) is 15.1. The van der Waals surface area contributed by atoms with E-state index in [-0.39, 0.29) is 5.91 Å². The lowest BCUT2D eigenvalue weighted by atomic mass is 10.2.